The minimum absolute atomic E-state index is 0.0641. The fraction of sp³-hybridized carbons (Fsp3) is 0.464. The highest BCUT2D eigenvalue weighted by Crippen LogP contribution is 2.45. The van der Waals surface area contributed by atoms with E-state index in [1.165, 1.54) is 12.7 Å². The number of anilines is 2. The van der Waals surface area contributed by atoms with Gasteiger partial charge in [-0.1, -0.05) is 12.1 Å². The molecule has 2 aromatic carbocycles. The molecule has 0 unspecified atom stereocenters. The summed E-state index contributed by atoms with van der Waals surface area (Å²) in [6.07, 6.45) is 6.77. The number of nitrogens with zero attached hydrogens (tertiary/aromatic N) is 1. The minimum atomic E-state index is -3.01. The molecule has 2 aliphatic carbocycles. The maximum atomic E-state index is 12.2. The molecule has 1 heterocycles. The lowest BCUT2D eigenvalue weighted by Crippen LogP contribution is -2.21. The Morgan fingerprint density at radius 2 is 1.86 bits per heavy atom. The van der Waals surface area contributed by atoms with Crippen molar-refractivity contribution in [2.45, 2.75) is 57.6 Å². The van der Waals surface area contributed by atoms with Crippen molar-refractivity contribution in [1.29, 1.82) is 0 Å². The average molecular weight is 526 g/mol. The number of sulfone groups is 1. The zero-order chi connectivity index (χ0) is 26.2. The normalized spacial score (nSPS) is 16.8. The summed E-state index contributed by atoms with van der Waals surface area (Å²) in [7, 11) is -3.01. The van der Waals surface area contributed by atoms with Gasteiger partial charge in [0.2, 0.25) is 0 Å². The summed E-state index contributed by atoms with van der Waals surface area (Å²) in [5.41, 5.74) is 11.0. The quantitative estimate of drug-likeness (QED) is 0.325. The van der Waals surface area contributed by atoms with Crippen molar-refractivity contribution in [2.75, 3.05) is 29.7 Å². The molecule has 5 rings (SSSR count). The van der Waals surface area contributed by atoms with Gasteiger partial charge in [0.1, 0.15) is 21.7 Å². The molecular weight excluding hydrogens is 490 g/mol. The predicted molar refractivity (Wildman–Crippen MR) is 147 cm³/mol. The minimum Gasteiger partial charge on any atom is -0.493 e. The second-order valence-electron chi connectivity index (χ2n) is 10.4. The Balaban J connectivity index is 1.37. The van der Waals surface area contributed by atoms with Crippen LogP contribution in [0.4, 0.5) is 16.2 Å². The van der Waals surface area contributed by atoms with Gasteiger partial charge >= 0.3 is 6.09 Å². The van der Waals surface area contributed by atoms with Crippen molar-refractivity contribution in [2.24, 2.45) is 5.92 Å². The van der Waals surface area contributed by atoms with E-state index in [0.717, 1.165) is 47.8 Å². The van der Waals surface area contributed by atoms with Crippen LogP contribution in [0.15, 0.2) is 42.5 Å². The van der Waals surface area contributed by atoms with E-state index in [4.69, 9.17) is 15.2 Å². The molecule has 0 spiro atoms. The molecule has 0 saturated heterocycles. The van der Waals surface area contributed by atoms with Gasteiger partial charge in [0.25, 0.3) is 0 Å². The highest BCUT2D eigenvalue weighted by atomic mass is 32.2. The number of nitrogens with one attached hydrogen (secondary N) is 1. The lowest BCUT2D eigenvalue weighted by molar-refractivity contribution is 0.108. The van der Waals surface area contributed by atoms with Crippen molar-refractivity contribution in [3.05, 3.63) is 42.5 Å². The standard InChI is InChI=1S/C28H35N3O5S/c1-18(19-7-8-19)36-28(32)30-21-11-9-20(10-12-21)27-26(29)24-14-13-23(35-15-4-16-37(2,33)34)17-25(24)31(27)22-5-3-6-22/h9-14,17-19,22H,3-8,15-16,29H2,1-2H3,(H,30,32)/t18-/m1/s1. The van der Waals surface area contributed by atoms with Gasteiger partial charge in [-0.3, -0.25) is 5.32 Å². The van der Waals surface area contributed by atoms with Crippen LogP contribution >= 0.6 is 0 Å². The van der Waals surface area contributed by atoms with Crippen LogP contribution in [-0.2, 0) is 14.6 Å². The van der Waals surface area contributed by atoms with Gasteiger partial charge in [-0.15, -0.1) is 0 Å². The molecular formula is C28H35N3O5S. The Hall–Kier alpha value is -3.20. The van der Waals surface area contributed by atoms with Crippen LogP contribution in [0.3, 0.4) is 0 Å². The van der Waals surface area contributed by atoms with Crippen LogP contribution in [0.1, 0.15) is 51.5 Å². The molecule has 37 heavy (non-hydrogen) atoms. The summed E-state index contributed by atoms with van der Waals surface area (Å²) in [5.74, 6) is 1.29. The largest absolute Gasteiger partial charge is 0.493 e. The molecule has 198 valence electrons. The molecule has 3 N–H and O–H groups in total. The number of nitrogens with two attached hydrogens (primary N) is 1. The zero-order valence-electron chi connectivity index (χ0n) is 21.4. The number of aromatic nitrogens is 1. The fourth-order valence-corrected chi connectivity index (χ4v) is 5.57. The van der Waals surface area contributed by atoms with Crippen LogP contribution in [0, 0.1) is 5.92 Å². The van der Waals surface area contributed by atoms with E-state index >= 15 is 0 Å². The van der Waals surface area contributed by atoms with Gasteiger partial charge in [-0.05, 0) is 75.6 Å². The number of hydrogen-bond acceptors (Lipinski definition) is 6. The lowest BCUT2D eigenvalue weighted by atomic mass is 9.92. The van der Waals surface area contributed by atoms with Crippen LogP contribution in [0.25, 0.3) is 22.2 Å². The number of hydrogen-bond donors (Lipinski definition) is 2. The number of carbonyl (C=O) groups excluding carboxylic acids is 1. The number of carbonyl (C=O) groups is 1. The summed E-state index contributed by atoms with van der Waals surface area (Å²) in [4.78, 5) is 12.2. The van der Waals surface area contributed by atoms with Gasteiger partial charge in [0, 0.05) is 35.0 Å². The molecule has 2 fully saturated rings. The maximum Gasteiger partial charge on any atom is 0.411 e. The van der Waals surface area contributed by atoms with Crippen LogP contribution in [-0.4, -0.2) is 43.8 Å². The molecule has 8 nitrogen and oxygen atoms in total. The number of fused-ring (bicyclic) bond motifs is 1. The molecule has 0 aliphatic heterocycles. The third kappa shape index (κ3) is 5.87. The summed E-state index contributed by atoms with van der Waals surface area (Å²) in [6.45, 7) is 2.27. The Bertz CT molecular complexity index is 1390. The molecule has 1 atom stereocenters. The third-order valence-electron chi connectivity index (χ3n) is 7.37. The van der Waals surface area contributed by atoms with Gasteiger partial charge in [0.05, 0.1) is 29.3 Å². The van der Waals surface area contributed by atoms with Crippen LogP contribution in [0.2, 0.25) is 0 Å². The van der Waals surface area contributed by atoms with E-state index in [1.54, 1.807) is 0 Å². The van der Waals surface area contributed by atoms with E-state index in [1.807, 2.05) is 49.4 Å². The third-order valence-corrected chi connectivity index (χ3v) is 8.40. The van der Waals surface area contributed by atoms with Crippen molar-refractivity contribution < 1.29 is 22.7 Å². The second kappa shape index (κ2) is 10.3. The first-order valence-corrected chi connectivity index (χ1v) is 15.1. The first kappa shape index (κ1) is 25.4. The Morgan fingerprint density at radius 1 is 1.14 bits per heavy atom. The molecule has 9 heteroatoms. The van der Waals surface area contributed by atoms with Gasteiger partial charge in [-0.2, -0.15) is 0 Å². The smallest absolute Gasteiger partial charge is 0.411 e. The SMILES string of the molecule is C[C@@H](OC(=O)Nc1ccc(-c2c(N)c3ccc(OCCCS(C)(=O)=O)cc3n2C2CCC2)cc1)C1CC1. The number of amides is 1. The Kier molecular flexibility index (Phi) is 7.07. The molecule has 1 aromatic heterocycles. The second-order valence-corrected chi connectivity index (χ2v) is 12.6. The Morgan fingerprint density at radius 3 is 2.49 bits per heavy atom. The average Bonchev–Trinajstić information content (AvgIpc) is 3.62. The molecule has 0 radical (unpaired) electrons. The predicted octanol–water partition coefficient (Wildman–Crippen LogP) is 5.78. The van der Waals surface area contributed by atoms with Crippen LogP contribution < -0.4 is 15.8 Å². The van der Waals surface area contributed by atoms with E-state index in [9.17, 15) is 13.2 Å². The number of rotatable bonds is 10. The van der Waals surface area contributed by atoms with Gasteiger partial charge in [-0.25, -0.2) is 13.2 Å². The van der Waals surface area contributed by atoms with Crippen molar-refractivity contribution >= 4 is 38.2 Å². The highest BCUT2D eigenvalue weighted by Gasteiger charge is 2.31. The van der Waals surface area contributed by atoms with Crippen molar-refractivity contribution in [3.8, 4) is 17.0 Å². The monoisotopic (exact) mass is 525 g/mol. The summed E-state index contributed by atoms with van der Waals surface area (Å²) in [5, 5.41) is 3.79. The van der Waals surface area contributed by atoms with E-state index in [-0.39, 0.29) is 11.9 Å². The van der Waals surface area contributed by atoms with Crippen molar-refractivity contribution in [1.82, 2.24) is 4.57 Å². The van der Waals surface area contributed by atoms with Gasteiger partial charge in [0.15, 0.2) is 0 Å². The van der Waals surface area contributed by atoms with Crippen LogP contribution in [0.5, 0.6) is 5.75 Å². The topological polar surface area (TPSA) is 113 Å². The number of benzene rings is 2. The summed E-state index contributed by atoms with van der Waals surface area (Å²) in [6, 6.07) is 13.9. The molecule has 2 saturated carbocycles. The van der Waals surface area contributed by atoms with E-state index in [2.05, 4.69) is 9.88 Å². The molecule has 3 aromatic rings. The first-order chi connectivity index (χ1) is 17.7. The highest BCUT2D eigenvalue weighted by molar-refractivity contribution is 7.90. The maximum absolute atomic E-state index is 12.2. The molecule has 1 amide bonds. The first-order valence-electron chi connectivity index (χ1n) is 13.0. The Labute approximate surface area is 218 Å². The summed E-state index contributed by atoms with van der Waals surface area (Å²) >= 11 is 0. The molecule has 2 aliphatic rings. The van der Waals surface area contributed by atoms with E-state index in [0.29, 0.717) is 42.1 Å². The summed E-state index contributed by atoms with van der Waals surface area (Å²) < 4.78 is 36.5. The zero-order valence-corrected chi connectivity index (χ0v) is 22.2. The van der Waals surface area contributed by atoms with Crippen molar-refractivity contribution in [3.63, 3.8) is 0 Å². The number of ether oxygens (including phenoxy) is 2. The lowest BCUT2D eigenvalue weighted by Gasteiger charge is -2.30. The fourth-order valence-electron chi connectivity index (χ4n) is 4.93. The van der Waals surface area contributed by atoms with Gasteiger partial charge < -0.3 is 19.8 Å². The number of nitrogen functional groups attached to an aromatic ring is 1. The van der Waals surface area contributed by atoms with E-state index < -0.39 is 15.9 Å². The molecule has 0 bridgehead atoms.